The van der Waals surface area contributed by atoms with Crippen molar-refractivity contribution in [1.82, 2.24) is 10.2 Å². The van der Waals surface area contributed by atoms with Crippen LogP contribution < -0.4 is 10.6 Å². The third-order valence-corrected chi connectivity index (χ3v) is 5.89. The molecular weight excluding hydrogens is 434 g/mol. The van der Waals surface area contributed by atoms with Gasteiger partial charge in [0.05, 0.1) is 18.2 Å². The lowest BCUT2D eigenvalue weighted by Crippen LogP contribution is -2.47. The Morgan fingerprint density at radius 1 is 1.15 bits per heavy atom. The number of hydrogen-bond donors (Lipinski definition) is 2. The molecule has 0 radical (unpaired) electrons. The van der Waals surface area contributed by atoms with Gasteiger partial charge >= 0.3 is 5.97 Å². The molecule has 1 aliphatic heterocycles. The van der Waals surface area contributed by atoms with Crippen molar-refractivity contribution in [3.05, 3.63) is 76.5 Å². The molecule has 2 N–H and O–H groups in total. The van der Waals surface area contributed by atoms with Crippen LogP contribution in [0.1, 0.15) is 55.2 Å². The third kappa shape index (κ3) is 5.60. The number of carbonyl (C=O) groups is 2. The Kier molecular flexibility index (Phi) is 7.87. The van der Waals surface area contributed by atoms with E-state index in [0.29, 0.717) is 35.1 Å². The zero-order valence-corrected chi connectivity index (χ0v) is 20.6. The second-order valence-electron chi connectivity index (χ2n) is 8.51. The van der Waals surface area contributed by atoms with Crippen molar-refractivity contribution in [2.75, 3.05) is 18.5 Å². The van der Waals surface area contributed by atoms with Gasteiger partial charge < -0.3 is 20.3 Å². The minimum Gasteiger partial charge on any atom is -0.462 e. The molecule has 174 valence electrons. The Bertz CT molecular complexity index is 1090. The molecule has 0 bridgehead atoms. The van der Waals surface area contributed by atoms with Crippen LogP contribution in [0.4, 0.5) is 5.69 Å². The van der Waals surface area contributed by atoms with Crippen LogP contribution in [0, 0.1) is 12.8 Å². The van der Waals surface area contributed by atoms with Crippen LogP contribution in [0.25, 0.3) is 0 Å². The molecule has 0 saturated carbocycles. The predicted octanol–water partition coefficient (Wildman–Crippen LogP) is 4.97. The van der Waals surface area contributed by atoms with E-state index in [2.05, 4.69) is 10.6 Å². The molecule has 0 fully saturated rings. The lowest BCUT2D eigenvalue weighted by Gasteiger charge is -2.37. The van der Waals surface area contributed by atoms with Crippen molar-refractivity contribution < 1.29 is 14.3 Å². The SMILES string of the molecule is CCN1C(=S)NC(c2cccc(NC(=O)c3ccccc3C)c2)C(C(=O)OCC(C)C)=C1C. The minimum atomic E-state index is -0.477. The molecule has 3 rings (SSSR count). The monoisotopic (exact) mass is 465 g/mol. The normalized spacial score (nSPS) is 16.0. The average molecular weight is 466 g/mol. The maximum atomic E-state index is 13.1. The second kappa shape index (κ2) is 10.6. The molecule has 1 amide bonds. The number of allylic oxidation sites excluding steroid dienone is 1. The fourth-order valence-corrected chi connectivity index (χ4v) is 4.20. The van der Waals surface area contributed by atoms with E-state index in [1.165, 1.54) is 0 Å². The van der Waals surface area contributed by atoms with E-state index in [0.717, 1.165) is 16.8 Å². The second-order valence-corrected chi connectivity index (χ2v) is 8.90. The lowest BCUT2D eigenvalue weighted by atomic mass is 9.94. The Hall–Kier alpha value is -3.19. The Balaban J connectivity index is 1.93. The smallest absolute Gasteiger partial charge is 0.338 e. The Morgan fingerprint density at radius 2 is 1.88 bits per heavy atom. The topological polar surface area (TPSA) is 70.7 Å². The van der Waals surface area contributed by atoms with Crippen LogP contribution in [0.3, 0.4) is 0 Å². The highest BCUT2D eigenvalue weighted by atomic mass is 32.1. The number of benzene rings is 2. The molecular formula is C26H31N3O3S. The van der Waals surface area contributed by atoms with E-state index < -0.39 is 6.04 Å². The van der Waals surface area contributed by atoms with Gasteiger partial charge in [-0.25, -0.2) is 4.79 Å². The number of hydrogen-bond acceptors (Lipinski definition) is 4. The molecule has 1 atom stereocenters. The molecule has 0 saturated heterocycles. The highest BCUT2D eigenvalue weighted by molar-refractivity contribution is 7.80. The summed E-state index contributed by atoms with van der Waals surface area (Å²) in [6.07, 6.45) is 0. The van der Waals surface area contributed by atoms with Crippen LogP contribution in [0.5, 0.6) is 0 Å². The zero-order valence-electron chi connectivity index (χ0n) is 19.8. The maximum Gasteiger partial charge on any atom is 0.338 e. The third-order valence-electron chi connectivity index (χ3n) is 5.55. The molecule has 1 aliphatic rings. The van der Waals surface area contributed by atoms with Crippen LogP contribution in [-0.2, 0) is 9.53 Å². The summed E-state index contributed by atoms with van der Waals surface area (Å²) >= 11 is 5.57. The van der Waals surface area contributed by atoms with Gasteiger partial charge in [-0.3, -0.25) is 4.79 Å². The quantitative estimate of drug-likeness (QED) is 0.444. The van der Waals surface area contributed by atoms with Crippen molar-refractivity contribution in [1.29, 1.82) is 0 Å². The molecule has 0 aromatic heterocycles. The van der Waals surface area contributed by atoms with Crippen molar-refractivity contribution >= 4 is 34.9 Å². The molecule has 6 nitrogen and oxygen atoms in total. The summed E-state index contributed by atoms with van der Waals surface area (Å²) in [4.78, 5) is 27.8. The maximum absolute atomic E-state index is 13.1. The number of nitrogens with one attached hydrogen (secondary N) is 2. The van der Waals surface area contributed by atoms with E-state index >= 15 is 0 Å². The van der Waals surface area contributed by atoms with Crippen molar-refractivity contribution in [2.45, 2.75) is 40.7 Å². The summed E-state index contributed by atoms with van der Waals surface area (Å²) < 4.78 is 5.58. The van der Waals surface area contributed by atoms with Gasteiger partial charge in [-0.05, 0) is 68.2 Å². The van der Waals surface area contributed by atoms with Gasteiger partial charge in [-0.2, -0.15) is 0 Å². The number of thiocarbonyl (C=S) groups is 1. The van der Waals surface area contributed by atoms with Crippen molar-refractivity contribution in [2.24, 2.45) is 5.92 Å². The molecule has 2 aromatic rings. The van der Waals surface area contributed by atoms with Crippen LogP contribution >= 0.6 is 12.2 Å². The number of nitrogens with zero attached hydrogens (tertiary/aromatic N) is 1. The molecule has 33 heavy (non-hydrogen) atoms. The van der Waals surface area contributed by atoms with Gasteiger partial charge in [-0.15, -0.1) is 0 Å². The minimum absolute atomic E-state index is 0.183. The first-order chi connectivity index (χ1) is 15.7. The molecule has 7 heteroatoms. The number of ether oxygens (including phenoxy) is 1. The zero-order chi connectivity index (χ0) is 24.1. The van der Waals surface area contributed by atoms with E-state index in [4.69, 9.17) is 17.0 Å². The fraction of sp³-hybridized carbons (Fsp3) is 0.346. The summed E-state index contributed by atoms with van der Waals surface area (Å²) in [7, 11) is 0. The van der Waals surface area contributed by atoms with Gasteiger partial charge in [0.15, 0.2) is 5.11 Å². The van der Waals surface area contributed by atoms with Crippen molar-refractivity contribution in [3.8, 4) is 0 Å². The lowest BCUT2D eigenvalue weighted by molar-refractivity contribution is -0.140. The largest absolute Gasteiger partial charge is 0.462 e. The molecule has 1 unspecified atom stereocenters. The van der Waals surface area contributed by atoms with Gasteiger partial charge in [0.2, 0.25) is 0 Å². The van der Waals surface area contributed by atoms with Gasteiger partial charge in [0.25, 0.3) is 5.91 Å². The van der Waals surface area contributed by atoms with Gasteiger partial charge in [0.1, 0.15) is 0 Å². The molecule has 0 aliphatic carbocycles. The van der Waals surface area contributed by atoms with Crippen LogP contribution in [-0.4, -0.2) is 35.0 Å². The summed E-state index contributed by atoms with van der Waals surface area (Å²) in [5.41, 5.74) is 4.26. The van der Waals surface area contributed by atoms with Crippen LogP contribution in [0.2, 0.25) is 0 Å². The number of amides is 1. The first-order valence-electron chi connectivity index (χ1n) is 11.2. The van der Waals surface area contributed by atoms with Crippen molar-refractivity contribution in [3.63, 3.8) is 0 Å². The molecule has 0 spiro atoms. The molecule has 2 aromatic carbocycles. The van der Waals surface area contributed by atoms with E-state index in [-0.39, 0.29) is 17.8 Å². The number of carbonyl (C=O) groups excluding carboxylic acids is 2. The van der Waals surface area contributed by atoms with Gasteiger partial charge in [-0.1, -0.05) is 44.2 Å². The highest BCUT2D eigenvalue weighted by Gasteiger charge is 2.34. The first kappa shape index (κ1) is 24.5. The van der Waals surface area contributed by atoms with E-state index in [9.17, 15) is 9.59 Å². The summed E-state index contributed by atoms with van der Waals surface area (Å²) in [6, 6.07) is 14.4. The Labute approximate surface area is 201 Å². The average Bonchev–Trinajstić information content (AvgIpc) is 2.77. The number of esters is 1. The number of rotatable bonds is 7. The van der Waals surface area contributed by atoms with Gasteiger partial charge in [0, 0.05) is 23.5 Å². The fourth-order valence-electron chi connectivity index (χ4n) is 3.82. The number of aryl methyl sites for hydroxylation is 1. The first-order valence-corrected chi connectivity index (χ1v) is 11.6. The summed E-state index contributed by atoms with van der Waals surface area (Å²) in [5.74, 6) is -0.319. The van der Waals surface area contributed by atoms with E-state index in [1.54, 1.807) is 6.07 Å². The Morgan fingerprint density at radius 3 is 2.55 bits per heavy atom. The van der Waals surface area contributed by atoms with Crippen LogP contribution in [0.15, 0.2) is 59.8 Å². The summed E-state index contributed by atoms with van der Waals surface area (Å²) in [6.45, 7) is 10.7. The molecule has 1 heterocycles. The predicted molar refractivity (Wildman–Crippen MR) is 135 cm³/mol. The highest BCUT2D eigenvalue weighted by Crippen LogP contribution is 2.32. The van der Waals surface area contributed by atoms with E-state index in [1.807, 2.05) is 82.0 Å². The summed E-state index contributed by atoms with van der Waals surface area (Å²) in [5, 5.41) is 6.80. The standard InChI is InChI=1S/C26H31N3O3S/c1-6-29-18(5)22(25(31)32-15-16(2)3)23(28-26(29)33)19-11-9-12-20(14-19)27-24(30)21-13-8-7-10-17(21)4/h7-14,16,23H,6,15H2,1-5H3,(H,27,30)(H,28,33). The number of anilines is 1.